The first-order valence-electron chi connectivity index (χ1n) is 11.5. The number of nitrogens with one attached hydrogen (secondary N) is 1. The van der Waals surface area contributed by atoms with Crippen LogP contribution in [0.4, 0.5) is 4.79 Å². The molecule has 0 heterocycles. The summed E-state index contributed by atoms with van der Waals surface area (Å²) in [6.45, 7) is 11.7. The van der Waals surface area contributed by atoms with Gasteiger partial charge in [0.1, 0.15) is 23.5 Å². The van der Waals surface area contributed by atoms with E-state index in [1.807, 2.05) is 75.4 Å². The third-order valence-electron chi connectivity index (χ3n) is 5.24. The predicted molar refractivity (Wildman–Crippen MR) is 131 cm³/mol. The highest BCUT2D eigenvalue weighted by Crippen LogP contribution is 2.27. The Morgan fingerprint density at radius 3 is 2.18 bits per heavy atom. The Morgan fingerprint density at radius 2 is 1.61 bits per heavy atom. The summed E-state index contributed by atoms with van der Waals surface area (Å²) < 4.78 is 11.7. The van der Waals surface area contributed by atoms with Gasteiger partial charge in [-0.05, 0) is 50.8 Å². The molecule has 6 nitrogen and oxygen atoms in total. The Balaban J connectivity index is 2.09. The number of rotatable bonds is 9. The van der Waals surface area contributed by atoms with Gasteiger partial charge in [-0.1, -0.05) is 62.4 Å². The van der Waals surface area contributed by atoms with Gasteiger partial charge in [0.15, 0.2) is 0 Å². The maximum absolute atomic E-state index is 13.2. The molecule has 2 rings (SSSR count). The maximum Gasteiger partial charge on any atom is 0.408 e. The molecule has 2 aromatic carbocycles. The SMILES string of the molecule is Cc1ccccc1O[C@H](CCN(C)C(=O)C(NC(=O)OC(C)(C)C)C(C)C)c1ccccc1. The number of nitrogens with zero attached hydrogens (tertiary/aromatic N) is 1. The van der Waals surface area contributed by atoms with Crippen molar-refractivity contribution < 1.29 is 19.1 Å². The number of carbonyl (C=O) groups excluding carboxylic acids is 2. The summed E-state index contributed by atoms with van der Waals surface area (Å²) >= 11 is 0. The molecule has 0 saturated carbocycles. The van der Waals surface area contributed by atoms with Gasteiger partial charge in [-0.15, -0.1) is 0 Å². The van der Waals surface area contributed by atoms with E-state index in [9.17, 15) is 9.59 Å². The first-order chi connectivity index (χ1) is 15.5. The van der Waals surface area contributed by atoms with Crippen molar-refractivity contribution in [1.29, 1.82) is 0 Å². The molecule has 2 aromatic rings. The number of carbonyl (C=O) groups is 2. The van der Waals surface area contributed by atoms with Crippen molar-refractivity contribution in [2.45, 2.75) is 65.7 Å². The lowest BCUT2D eigenvalue weighted by Crippen LogP contribution is -2.51. The molecule has 33 heavy (non-hydrogen) atoms. The van der Waals surface area contributed by atoms with Crippen molar-refractivity contribution in [3.63, 3.8) is 0 Å². The largest absolute Gasteiger partial charge is 0.485 e. The molecule has 1 N–H and O–H groups in total. The molecule has 180 valence electrons. The Hall–Kier alpha value is -3.02. The summed E-state index contributed by atoms with van der Waals surface area (Å²) in [5.74, 6) is 0.589. The molecule has 0 aromatic heterocycles. The summed E-state index contributed by atoms with van der Waals surface area (Å²) in [6, 6.07) is 17.2. The fourth-order valence-electron chi connectivity index (χ4n) is 3.41. The van der Waals surface area contributed by atoms with Crippen LogP contribution in [0.1, 0.15) is 58.3 Å². The highest BCUT2D eigenvalue weighted by Gasteiger charge is 2.29. The number of likely N-dealkylation sites (N-methyl/N-ethyl adjacent to an activating group) is 1. The van der Waals surface area contributed by atoms with Crippen LogP contribution in [-0.2, 0) is 9.53 Å². The quantitative estimate of drug-likeness (QED) is 0.542. The highest BCUT2D eigenvalue weighted by molar-refractivity contribution is 5.85. The lowest BCUT2D eigenvalue weighted by Gasteiger charge is -2.29. The van der Waals surface area contributed by atoms with Gasteiger partial charge >= 0.3 is 6.09 Å². The molecular weight excluding hydrogens is 416 g/mol. The standard InChI is InChI=1S/C27H38N2O4/c1-19(2)24(28-26(31)33-27(4,5)6)25(30)29(7)18-17-23(21-14-9-8-10-15-21)32-22-16-12-11-13-20(22)3/h8-16,19,23-24H,17-18H2,1-7H3,(H,28,31)/t23-,24?/m1/s1. The molecule has 0 aliphatic carbocycles. The number of alkyl carbamates (subject to hydrolysis) is 1. The highest BCUT2D eigenvalue weighted by atomic mass is 16.6. The molecule has 0 saturated heterocycles. The van der Waals surface area contributed by atoms with E-state index >= 15 is 0 Å². The van der Waals surface area contributed by atoms with Crippen LogP contribution < -0.4 is 10.1 Å². The van der Waals surface area contributed by atoms with Gasteiger partial charge < -0.3 is 19.7 Å². The van der Waals surface area contributed by atoms with Crippen LogP contribution in [0.25, 0.3) is 0 Å². The average molecular weight is 455 g/mol. The van der Waals surface area contributed by atoms with Gasteiger partial charge in [-0.3, -0.25) is 4.79 Å². The normalized spacial score (nSPS) is 13.2. The molecule has 0 aliphatic rings. The van der Waals surface area contributed by atoms with E-state index in [0.717, 1.165) is 16.9 Å². The zero-order chi connectivity index (χ0) is 24.6. The minimum Gasteiger partial charge on any atom is -0.485 e. The second-order valence-electron chi connectivity index (χ2n) is 9.70. The van der Waals surface area contributed by atoms with E-state index in [4.69, 9.17) is 9.47 Å². The molecule has 2 atom stereocenters. The van der Waals surface area contributed by atoms with E-state index in [-0.39, 0.29) is 17.9 Å². The van der Waals surface area contributed by atoms with Crippen LogP contribution in [0, 0.1) is 12.8 Å². The van der Waals surface area contributed by atoms with Gasteiger partial charge in [-0.2, -0.15) is 0 Å². The van der Waals surface area contributed by atoms with Gasteiger partial charge in [0.25, 0.3) is 0 Å². The summed E-state index contributed by atoms with van der Waals surface area (Å²) in [6.07, 6.45) is -0.190. The number of benzene rings is 2. The van der Waals surface area contributed by atoms with Crippen molar-refractivity contribution in [2.75, 3.05) is 13.6 Å². The fraction of sp³-hybridized carbons (Fsp3) is 0.481. The smallest absolute Gasteiger partial charge is 0.408 e. The number of ether oxygens (including phenoxy) is 2. The minimum atomic E-state index is -0.669. The number of amides is 2. The van der Waals surface area contributed by atoms with Gasteiger partial charge in [-0.25, -0.2) is 4.79 Å². The van der Waals surface area contributed by atoms with E-state index in [1.165, 1.54) is 0 Å². The van der Waals surface area contributed by atoms with E-state index < -0.39 is 17.7 Å². The molecule has 0 fully saturated rings. The lowest BCUT2D eigenvalue weighted by molar-refractivity contribution is -0.133. The van der Waals surface area contributed by atoms with Crippen LogP contribution in [0.3, 0.4) is 0 Å². The van der Waals surface area contributed by atoms with Gasteiger partial charge in [0.2, 0.25) is 5.91 Å². The monoisotopic (exact) mass is 454 g/mol. The molecular formula is C27H38N2O4. The fourth-order valence-corrected chi connectivity index (χ4v) is 3.41. The Labute approximate surface area is 198 Å². The van der Waals surface area contributed by atoms with Crippen molar-refractivity contribution in [2.24, 2.45) is 5.92 Å². The van der Waals surface area contributed by atoms with Crippen molar-refractivity contribution in [3.8, 4) is 5.75 Å². The summed E-state index contributed by atoms with van der Waals surface area (Å²) in [5.41, 5.74) is 1.48. The Kier molecular flexibility index (Phi) is 9.32. The summed E-state index contributed by atoms with van der Waals surface area (Å²) in [4.78, 5) is 27.1. The van der Waals surface area contributed by atoms with Gasteiger partial charge in [0, 0.05) is 20.0 Å². The summed E-state index contributed by atoms with van der Waals surface area (Å²) in [5, 5.41) is 2.74. The number of hydrogen-bond donors (Lipinski definition) is 1. The molecule has 0 radical (unpaired) electrons. The molecule has 0 spiro atoms. The first kappa shape index (κ1) is 26.2. The second kappa shape index (κ2) is 11.7. The van der Waals surface area contributed by atoms with Gasteiger partial charge in [0.05, 0.1) is 0 Å². The topological polar surface area (TPSA) is 67.9 Å². The third kappa shape index (κ3) is 8.44. The van der Waals surface area contributed by atoms with Crippen LogP contribution >= 0.6 is 0 Å². The average Bonchev–Trinajstić information content (AvgIpc) is 2.74. The Bertz CT molecular complexity index is 906. The molecule has 0 aliphatic heterocycles. The van der Waals surface area contributed by atoms with Crippen LogP contribution in [0.15, 0.2) is 54.6 Å². The van der Waals surface area contributed by atoms with Crippen LogP contribution in [0.5, 0.6) is 5.75 Å². The number of hydrogen-bond acceptors (Lipinski definition) is 4. The number of aryl methyl sites for hydroxylation is 1. The van der Waals surface area contributed by atoms with Crippen molar-refractivity contribution in [3.05, 3.63) is 65.7 Å². The van der Waals surface area contributed by atoms with E-state index in [0.29, 0.717) is 13.0 Å². The molecule has 1 unspecified atom stereocenters. The van der Waals surface area contributed by atoms with Crippen molar-refractivity contribution in [1.82, 2.24) is 10.2 Å². The lowest BCUT2D eigenvalue weighted by atomic mass is 10.0. The Morgan fingerprint density at radius 1 is 1.00 bits per heavy atom. The molecule has 2 amide bonds. The van der Waals surface area contributed by atoms with E-state index in [1.54, 1.807) is 32.7 Å². The van der Waals surface area contributed by atoms with Crippen LogP contribution in [0.2, 0.25) is 0 Å². The molecule has 6 heteroatoms. The minimum absolute atomic E-state index is 0.0828. The molecule has 0 bridgehead atoms. The first-order valence-corrected chi connectivity index (χ1v) is 11.5. The van der Waals surface area contributed by atoms with Crippen LogP contribution in [-0.4, -0.2) is 42.1 Å². The van der Waals surface area contributed by atoms with Crippen molar-refractivity contribution >= 4 is 12.0 Å². The van der Waals surface area contributed by atoms with E-state index in [2.05, 4.69) is 5.32 Å². The number of para-hydroxylation sites is 1. The predicted octanol–water partition coefficient (Wildman–Crippen LogP) is 5.51. The summed E-state index contributed by atoms with van der Waals surface area (Å²) in [7, 11) is 1.75. The zero-order valence-electron chi connectivity index (χ0n) is 20.9. The third-order valence-corrected chi connectivity index (χ3v) is 5.24. The maximum atomic E-state index is 13.2. The second-order valence-corrected chi connectivity index (χ2v) is 9.70. The zero-order valence-corrected chi connectivity index (χ0v) is 20.9.